The number of carbonyl (C=O) groups is 1. The average Bonchev–Trinajstić information content (AvgIpc) is 2.76. The minimum Gasteiger partial charge on any atom is -0.478 e. The first kappa shape index (κ1) is 12.7. The Kier molecular flexibility index (Phi) is 2.95. The summed E-state index contributed by atoms with van der Waals surface area (Å²) in [5.74, 6) is -0.245. The summed E-state index contributed by atoms with van der Waals surface area (Å²) >= 11 is 6.19. The zero-order chi connectivity index (χ0) is 14.3. The molecular formula is C15H11ClN2O2. The van der Waals surface area contributed by atoms with Crippen LogP contribution in [0.15, 0.2) is 42.5 Å². The first-order valence-corrected chi connectivity index (χ1v) is 6.40. The third-order valence-electron chi connectivity index (χ3n) is 3.24. The molecule has 1 aromatic heterocycles. The number of benzene rings is 2. The van der Waals surface area contributed by atoms with Gasteiger partial charge in [-0.15, -0.1) is 0 Å². The van der Waals surface area contributed by atoms with E-state index in [1.165, 1.54) is 0 Å². The molecule has 0 unspecified atom stereocenters. The third kappa shape index (κ3) is 1.94. The molecule has 0 aliphatic carbocycles. The van der Waals surface area contributed by atoms with E-state index in [2.05, 4.69) is 4.98 Å². The molecule has 0 saturated heterocycles. The van der Waals surface area contributed by atoms with Crippen LogP contribution in [0.3, 0.4) is 0 Å². The number of rotatable bonds is 2. The van der Waals surface area contributed by atoms with Gasteiger partial charge in [-0.3, -0.25) is 0 Å². The average molecular weight is 287 g/mol. The number of hydrogen-bond donors (Lipinski definition) is 1. The van der Waals surface area contributed by atoms with Crippen LogP contribution in [0.5, 0.6) is 0 Å². The van der Waals surface area contributed by atoms with E-state index in [9.17, 15) is 4.79 Å². The number of nitrogens with zero attached hydrogens (tertiary/aromatic N) is 2. The fraction of sp³-hybridized carbons (Fsp3) is 0.0667. The Hall–Kier alpha value is -2.33. The fourth-order valence-corrected chi connectivity index (χ4v) is 2.44. The summed E-state index contributed by atoms with van der Waals surface area (Å²) in [6, 6.07) is 12.3. The molecule has 0 spiro atoms. The zero-order valence-corrected chi connectivity index (χ0v) is 11.4. The number of halogens is 1. The van der Waals surface area contributed by atoms with Crippen molar-refractivity contribution in [1.82, 2.24) is 9.55 Å². The fourth-order valence-electron chi connectivity index (χ4n) is 2.22. The lowest BCUT2D eigenvalue weighted by Gasteiger charge is -2.04. The van der Waals surface area contributed by atoms with Crippen LogP contribution in [0.1, 0.15) is 10.4 Å². The standard InChI is InChI=1S/C15H11ClN2O2/c1-18-13-7-6-9(15(19)20)8-12(13)17-14(18)10-4-2-3-5-11(10)16/h2-8H,1H3,(H,19,20). The van der Waals surface area contributed by atoms with Gasteiger partial charge in [-0.2, -0.15) is 0 Å². The van der Waals surface area contributed by atoms with Crippen molar-refractivity contribution < 1.29 is 9.90 Å². The van der Waals surface area contributed by atoms with Gasteiger partial charge in [0.1, 0.15) is 5.82 Å². The molecule has 1 heterocycles. The minimum absolute atomic E-state index is 0.223. The van der Waals surface area contributed by atoms with Crippen molar-refractivity contribution in [3.8, 4) is 11.4 Å². The van der Waals surface area contributed by atoms with Gasteiger partial charge in [-0.1, -0.05) is 23.7 Å². The normalized spacial score (nSPS) is 10.9. The molecule has 0 bridgehead atoms. The molecule has 0 aliphatic heterocycles. The molecule has 0 aliphatic rings. The van der Waals surface area contributed by atoms with Crippen molar-refractivity contribution in [3.05, 3.63) is 53.1 Å². The van der Waals surface area contributed by atoms with Gasteiger partial charge in [-0.05, 0) is 30.3 Å². The van der Waals surface area contributed by atoms with E-state index in [-0.39, 0.29) is 5.56 Å². The highest BCUT2D eigenvalue weighted by Crippen LogP contribution is 2.29. The van der Waals surface area contributed by atoms with Gasteiger partial charge < -0.3 is 9.67 Å². The van der Waals surface area contributed by atoms with Crippen molar-refractivity contribution in [3.63, 3.8) is 0 Å². The molecule has 0 amide bonds. The summed E-state index contributed by atoms with van der Waals surface area (Å²) in [7, 11) is 1.88. The van der Waals surface area contributed by atoms with Gasteiger partial charge in [0, 0.05) is 12.6 Å². The van der Waals surface area contributed by atoms with Crippen LogP contribution in [-0.2, 0) is 7.05 Å². The Labute approximate surface area is 120 Å². The SMILES string of the molecule is Cn1c(-c2ccccc2Cl)nc2cc(C(=O)O)ccc21. The van der Waals surface area contributed by atoms with E-state index in [1.807, 2.05) is 29.8 Å². The first-order chi connectivity index (χ1) is 9.58. The summed E-state index contributed by atoms with van der Waals surface area (Å²) in [5.41, 5.74) is 2.55. The Morgan fingerprint density at radius 1 is 1.25 bits per heavy atom. The maximum absolute atomic E-state index is 11.0. The van der Waals surface area contributed by atoms with Crippen molar-refractivity contribution in [2.45, 2.75) is 0 Å². The van der Waals surface area contributed by atoms with Crippen LogP contribution in [0, 0.1) is 0 Å². The van der Waals surface area contributed by atoms with Gasteiger partial charge in [0.25, 0.3) is 0 Å². The first-order valence-electron chi connectivity index (χ1n) is 6.02. The summed E-state index contributed by atoms with van der Waals surface area (Å²) < 4.78 is 1.90. The van der Waals surface area contributed by atoms with E-state index >= 15 is 0 Å². The van der Waals surface area contributed by atoms with Crippen LogP contribution >= 0.6 is 11.6 Å². The lowest BCUT2D eigenvalue weighted by Crippen LogP contribution is -1.95. The predicted molar refractivity (Wildman–Crippen MR) is 78.1 cm³/mol. The second kappa shape index (κ2) is 4.65. The highest BCUT2D eigenvalue weighted by atomic mass is 35.5. The lowest BCUT2D eigenvalue weighted by molar-refractivity contribution is 0.0697. The Balaban J connectivity index is 2.26. The molecule has 2 aromatic carbocycles. The molecule has 5 heteroatoms. The molecule has 3 aromatic rings. The number of carboxylic acids is 1. The van der Waals surface area contributed by atoms with Gasteiger partial charge in [0.15, 0.2) is 0 Å². The molecule has 100 valence electrons. The van der Waals surface area contributed by atoms with E-state index in [1.54, 1.807) is 24.3 Å². The van der Waals surface area contributed by atoms with E-state index in [0.717, 1.165) is 11.1 Å². The molecule has 1 N–H and O–H groups in total. The maximum Gasteiger partial charge on any atom is 0.335 e. The van der Waals surface area contributed by atoms with Crippen LogP contribution in [0.25, 0.3) is 22.4 Å². The molecular weight excluding hydrogens is 276 g/mol. The monoisotopic (exact) mass is 286 g/mol. The molecule has 3 rings (SSSR count). The summed E-state index contributed by atoms with van der Waals surface area (Å²) in [6.45, 7) is 0. The highest BCUT2D eigenvalue weighted by molar-refractivity contribution is 6.33. The number of aromatic carboxylic acids is 1. The Bertz CT molecular complexity index is 824. The van der Waals surface area contributed by atoms with Crippen molar-refractivity contribution in [2.75, 3.05) is 0 Å². The smallest absolute Gasteiger partial charge is 0.335 e. The number of imidazole rings is 1. The van der Waals surface area contributed by atoms with E-state index < -0.39 is 5.97 Å². The largest absolute Gasteiger partial charge is 0.478 e. The molecule has 0 radical (unpaired) electrons. The molecule has 0 atom stereocenters. The third-order valence-corrected chi connectivity index (χ3v) is 3.57. The summed E-state index contributed by atoms with van der Waals surface area (Å²) in [4.78, 5) is 15.5. The van der Waals surface area contributed by atoms with Crippen LogP contribution in [0.4, 0.5) is 0 Å². The second-order valence-electron chi connectivity index (χ2n) is 4.48. The van der Waals surface area contributed by atoms with Crippen LogP contribution in [-0.4, -0.2) is 20.6 Å². The maximum atomic E-state index is 11.0. The predicted octanol–water partition coefficient (Wildman–Crippen LogP) is 3.59. The topological polar surface area (TPSA) is 55.1 Å². The zero-order valence-electron chi connectivity index (χ0n) is 10.7. The summed E-state index contributed by atoms with van der Waals surface area (Å²) in [5, 5.41) is 9.64. The van der Waals surface area contributed by atoms with Crippen LogP contribution in [0.2, 0.25) is 5.02 Å². The Morgan fingerprint density at radius 2 is 2.00 bits per heavy atom. The minimum atomic E-state index is -0.961. The van der Waals surface area contributed by atoms with Gasteiger partial charge in [-0.25, -0.2) is 9.78 Å². The number of hydrogen-bond acceptors (Lipinski definition) is 2. The molecule has 0 saturated carbocycles. The van der Waals surface area contributed by atoms with E-state index in [0.29, 0.717) is 16.4 Å². The number of carboxylic acid groups (broad SMARTS) is 1. The lowest BCUT2D eigenvalue weighted by atomic mass is 10.2. The van der Waals surface area contributed by atoms with Crippen molar-refractivity contribution >= 4 is 28.6 Å². The van der Waals surface area contributed by atoms with Crippen molar-refractivity contribution in [1.29, 1.82) is 0 Å². The Morgan fingerprint density at radius 3 is 2.70 bits per heavy atom. The molecule has 20 heavy (non-hydrogen) atoms. The summed E-state index contributed by atoms with van der Waals surface area (Å²) in [6.07, 6.45) is 0. The number of aryl methyl sites for hydroxylation is 1. The number of aromatic nitrogens is 2. The van der Waals surface area contributed by atoms with Gasteiger partial charge in [0.05, 0.1) is 21.6 Å². The van der Waals surface area contributed by atoms with Crippen LogP contribution < -0.4 is 0 Å². The van der Waals surface area contributed by atoms with Gasteiger partial charge >= 0.3 is 5.97 Å². The van der Waals surface area contributed by atoms with E-state index in [4.69, 9.17) is 16.7 Å². The van der Waals surface area contributed by atoms with Gasteiger partial charge in [0.2, 0.25) is 0 Å². The second-order valence-corrected chi connectivity index (χ2v) is 4.89. The molecule has 0 fully saturated rings. The quantitative estimate of drug-likeness (QED) is 0.783. The molecule has 4 nitrogen and oxygen atoms in total. The highest BCUT2D eigenvalue weighted by Gasteiger charge is 2.13. The van der Waals surface area contributed by atoms with Crippen molar-refractivity contribution in [2.24, 2.45) is 7.05 Å². The number of fused-ring (bicyclic) bond motifs is 1.